The molecule has 0 saturated carbocycles. The van der Waals surface area contributed by atoms with Gasteiger partial charge in [0.15, 0.2) is 0 Å². The smallest absolute Gasteiger partial charge is 0.0340 e. The van der Waals surface area contributed by atoms with Crippen molar-refractivity contribution in [2.24, 2.45) is 11.7 Å². The van der Waals surface area contributed by atoms with Crippen molar-refractivity contribution in [3.05, 3.63) is 54.6 Å². The average Bonchev–Trinajstić information content (AvgIpc) is 2.53. The van der Waals surface area contributed by atoms with Gasteiger partial charge in [-0.1, -0.05) is 49.4 Å². The molecule has 0 aliphatic carbocycles. The van der Waals surface area contributed by atoms with E-state index in [-0.39, 0.29) is 0 Å². The summed E-state index contributed by atoms with van der Waals surface area (Å²) in [5.41, 5.74) is 9.29. The molecule has 0 heterocycles. The minimum Gasteiger partial charge on any atom is -0.385 e. The van der Waals surface area contributed by atoms with E-state index in [1.54, 1.807) is 0 Å². The zero-order chi connectivity index (χ0) is 14.9. The molecule has 21 heavy (non-hydrogen) atoms. The van der Waals surface area contributed by atoms with Crippen LogP contribution >= 0.6 is 0 Å². The second-order valence-electron chi connectivity index (χ2n) is 5.69. The summed E-state index contributed by atoms with van der Waals surface area (Å²) in [6.07, 6.45) is 3.57. The predicted molar refractivity (Wildman–Crippen MR) is 92.4 cm³/mol. The summed E-state index contributed by atoms with van der Waals surface area (Å²) in [6.45, 7) is 4.11. The summed E-state index contributed by atoms with van der Waals surface area (Å²) in [6, 6.07) is 19.1. The van der Waals surface area contributed by atoms with E-state index in [2.05, 4.69) is 60.8 Å². The number of benzene rings is 2. The highest BCUT2D eigenvalue weighted by Gasteiger charge is 2.01. The number of nitrogens with two attached hydrogens (primary N) is 1. The molecule has 0 saturated heterocycles. The Bertz CT molecular complexity index is 505. The van der Waals surface area contributed by atoms with Crippen LogP contribution in [0.3, 0.4) is 0 Å². The molecule has 2 aromatic carbocycles. The van der Waals surface area contributed by atoms with Crippen molar-refractivity contribution in [1.29, 1.82) is 0 Å². The molecule has 0 amide bonds. The number of anilines is 1. The molecule has 2 heteroatoms. The molecule has 112 valence electrons. The number of hydrogen-bond acceptors (Lipinski definition) is 2. The summed E-state index contributed by atoms with van der Waals surface area (Å²) < 4.78 is 0. The molecule has 0 fully saturated rings. The van der Waals surface area contributed by atoms with E-state index in [4.69, 9.17) is 5.73 Å². The summed E-state index contributed by atoms with van der Waals surface area (Å²) >= 11 is 0. The molecule has 3 N–H and O–H groups in total. The Morgan fingerprint density at radius 1 is 0.905 bits per heavy atom. The topological polar surface area (TPSA) is 38.0 Å². The van der Waals surface area contributed by atoms with E-state index in [1.807, 2.05) is 6.07 Å². The Morgan fingerprint density at radius 3 is 2.24 bits per heavy atom. The number of rotatable bonds is 8. The molecule has 2 aromatic rings. The van der Waals surface area contributed by atoms with Crippen LogP contribution in [0.2, 0.25) is 0 Å². The standard InChI is InChI=1S/C19H26N2/c1-16(13-14-20)6-5-15-21-19-11-9-18(10-12-19)17-7-3-2-4-8-17/h2-4,7-12,16,21H,5-6,13-15,20H2,1H3. The van der Waals surface area contributed by atoms with Gasteiger partial charge < -0.3 is 11.1 Å². The first kappa shape index (κ1) is 15.6. The van der Waals surface area contributed by atoms with Gasteiger partial charge in [-0.15, -0.1) is 0 Å². The van der Waals surface area contributed by atoms with E-state index in [0.717, 1.165) is 25.4 Å². The van der Waals surface area contributed by atoms with Crippen molar-refractivity contribution in [1.82, 2.24) is 0 Å². The van der Waals surface area contributed by atoms with Gasteiger partial charge in [-0.2, -0.15) is 0 Å². The summed E-state index contributed by atoms with van der Waals surface area (Å²) in [5.74, 6) is 0.734. The zero-order valence-corrected chi connectivity index (χ0v) is 12.9. The molecule has 1 unspecified atom stereocenters. The highest BCUT2D eigenvalue weighted by atomic mass is 14.9. The zero-order valence-electron chi connectivity index (χ0n) is 12.9. The van der Waals surface area contributed by atoms with E-state index < -0.39 is 0 Å². The first-order chi connectivity index (χ1) is 10.3. The summed E-state index contributed by atoms with van der Waals surface area (Å²) in [7, 11) is 0. The van der Waals surface area contributed by atoms with E-state index >= 15 is 0 Å². The lowest BCUT2D eigenvalue weighted by atomic mass is 10.0. The van der Waals surface area contributed by atoms with Gasteiger partial charge in [0.25, 0.3) is 0 Å². The highest BCUT2D eigenvalue weighted by molar-refractivity contribution is 5.65. The quantitative estimate of drug-likeness (QED) is 0.698. The Kier molecular flexibility index (Phi) is 6.29. The lowest BCUT2D eigenvalue weighted by Crippen LogP contribution is -2.08. The fourth-order valence-corrected chi connectivity index (χ4v) is 2.52. The van der Waals surface area contributed by atoms with Crippen LogP contribution in [0.25, 0.3) is 11.1 Å². The third-order valence-corrected chi connectivity index (χ3v) is 3.85. The predicted octanol–water partition coefficient (Wildman–Crippen LogP) is 4.53. The first-order valence-corrected chi connectivity index (χ1v) is 7.89. The molecular formula is C19H26N2. The lowest BCUT2D eigenvalue weighted by molar-refractivity contribution is 0.488. The van der Waals surface area contributed by atoms with Gasteiger partial charge in [-0.3, -0.25) is 0 Å². The average molecular weight is 282 g/mol. The SMILES string of the molecule is CC(CCN)CCCNc1ccc(-c2ccccc2)cc1. The molecule has 0 bridgehead atoms. The second-order valence-corrected chi connectivity index (χ2v) is 5.69. The number of hydrogen-bond donors (Lipinski definition) is 2. The Hall–Kier alpha value is -1.80. The van der Waals surface area contributed by atoms with Crippen LogP contribution in [0.15, 0.2) is 54.6 Å². The molecular weight excluding hydrogens is 256 g/mol. The van der Waals surface area contributed by atoms with Gasteiger partial charge in [-0.05, 0) is 55.0 Å². The summed E-state index contributed by atoms with van der Waals surface area (Å²) in [4.78, 5) is 0. The van der Waals surface area contributed by atoms with Gasteiger partial charge in [0.2, 0.25) is 0 Å². The molecule has 0 aliphatic heterocycles. The van der Waals surface area contributed by atoms with Gasteiger partial charge in [-0.25, -0.2) is 0 Å². The Labute approximate surface area is 128 Å². The largest absolute Gasteiger partial charge is 0.385 e. The van der Waals surface area contributed by atoms with Crippen LogP contribution in [0.4, 0.5) is 5.69 Å². The third-order valence-electron chi connectivity index (χ3n) is 3.85. The minimum absolute atomic E-state index is 0.734. The second kappa shape index (κ2) is 8.48. The fourth-order valence-electron chi connectivity index (χ4n) is 2.52. The number of nitrogens with one attached hydrogen (secondary N) is 1. The summed E-state index contributed by atoms with van der Waals surface area (Å²) in [5, 5.41) is 3.49. The molecule has 0 aromatic heterocycles. The molecule has 0 aliphatic rings. The van der Waals surface area contributed by atoms with Gasteiger partial charge in [0, 0.05) is 12.2 Å². The van der Waals surface area contributed by atoms with Crippen LogP contribution in [-0.4, -0.2) is 13.1 Å². The van der Waals surface area contributed by atoms with E-state index in [9.17, 15) is 0 Å². The van der Waals surface area contributed by atoms with E-state index in [1.165, 1.54) is 29.7 Å². The fraction of sp³-hybridized carbons (Fsp3) is 0.368. The third kappa shape index (κ3) is 5.24. The van der Waals surface area contributed by atoms with Crippen molar-refractivity contribution in [3.8, 4) is 11.1 Å². The minimum atomic E-state index is 0.734. The van der Waals surface area contributed by atoms with Crippen molar-refractivity contribution in [2.45, 2.75) is 26.2 Å². The van der Waals surface area contributed by atoms with Crippen molar-refractivity contribution in [2.75, 3.05) is 18.4 Å². The molecule has 2 rings (SSSR count). The monoisotopic (exact) mass is 282 g/mol. The molecule has 0 radical (unpaired) electrons. The van der Waals surface area contributed by atoms with E-state index in [0.29, 0.717) is 0 Å². The van der Waals surface area contributed by atoms with Crippen LogP contribution in [0, 0.1) is 5.92 Å². The molecule has 0 spiro atoms. The maximum atomic E-state index is 5.57. The maximum absolute atomic E-state index is 5.57. The normalized spacial score (nSPS) is 12.1. The van der Waals surface area contributed by atoms with Gasteiger partial charge in [0.1, 0.15) is 0 Å². The van der Waals surface area contributed by atoms with Crippen LogP contribution in [0.1, 0.15) is 26.2 Å². The molecule has 1 atom stereocenters. The Balaban J connectivity index is 1.78. The Morgan fingerprint density at radius 2 is 1.57 bits per heavy atom. The first-order valence-electron chi connectivity index (χ1n) is 7.89. The maximum Gasteiger partial charge on any atom is 0.0340 e. The van der Waals surface area contributed by atoms with Crippen LogP contribution in [0.5, 0.6) is 0 Å². The highest BCUT2D eigenvalue weighted by Crippen LogP contribution is 2.21. The van der Waals surface area contributed by atoms with Gasteiger partial charge in [0.05, 0.1) is 0 Å². The van der Waals surface area contributed by atoms with Crippen molar-refractivity contribution < 1.29 is 0 Å². The van der Waals surface area contributed by atoms with Crippen LogP contribution in [-0.2, 0) is 0 Å². The lowest BCUT2D eigenvalue weighted by Gasteiger charge is -2.11. The van der Waals surface area contributed by atoms with Crippen LogP contribution < -0.4 is 11.1 Å². The van der Waals surface area contributed by atoms with Gasteiger partial charge >= 0.3 is 0 Å². The molecule has 2 nitrogen and oxygen atoms in total. The van der Waals surface area contributed by atoms with Crippen molar-refractivity contribution >= 4 is 5.69 Å². The van der Waals surface area contributed by atoms with Crippen molar-refractivity contribution in [3.63, 3.8) is 0 Å².